The molecule has 2 nitrogen and oxygen atoms in total. The Hall–Kier alpha value is -1.32. The van der Waals surface area contributed by atoms with Crippen molar-refractivity contribution >= 4 is 11.3 Å². The zero-order valence-corrected chi connectivity index (χ0v) is 11.0. The lowest BCUT2D eigenvalue weighted by atomic mass is 10.2. The van der Waals surface area contributed by atoms with Crippen molar-refractivity contribution in [2.45, 2.75) is 19.9 Å². The lowest BCUT2D eigenvalue weighted by Crippen LogP contribution is -2.17. The van der Waals surface area contributed by atoms with Gasteiger partial charge in [0, 0.05) is 9.75 Å². The van der Waals surface area contributed by atoms with Crippen LogP contribution < -0.4 is 10.5 Å². The molecule has 1 unspecified atom stereocenters. The minimum Gasteiger partial charge on any atom is -0.492 e. The number of nitrogens with two attached hydrogens (primary N) is 1. The van der Waals surface area contributed by atoms with Crippen LogP contribution in [0.1, 0.15) is 21.4 Å². The van der Waals surface area contributed by atoms with Crippen molar-refractivity contribution < 1.29 is 4.74 Å². The lowest BCUT2D eigenvalue weighted by molar-refractivity contribution is 0.292. The van der Waals surface area contributed by atoms with Gasteiger partial charge in [-0.1, -0.05) is 12.1 Å². The summed E-state index contributed by atoms with van der Waals surface area (Å²) < 4.78 is 5.69. The molecule has 90 valence electrons. The van der Waals surface area contributed by atoms with Gasteiger partial charge in [-0.05, 0) is 43.7 Å². The first kappa shape index (κ1) is 12.1. The van der Waals surface area contributed by atoms with Gasteiger partial charge in [-0.3, -0.25) is 0 Å². The van der Waals surface area contributed by atoms with E-state index in [0.717, 1.165) is 5.75 Å². The summed E-state index contributed by atoms with van der Waals surface area (Å²) in [5.74, 6) is 0.883. The molecule has 3 heteroatoms. The Balaban J connectivity index is 1.94. The molecule has 0 spiro atoms. The quantitative estimate of drug-likeness (QED) is 0.898. The van der Waals surface area contributed by atoms with E-state index in [-0.39, 0.29) is 6.04 Å². The highest BCUT2D eigenvalue weighted by Crippen LogP contribution is 2.22. The zero-order chi connectivity index (χ0) is 12.3. The monoisotopic (exact) mass is 247 g/mol. The van der Waals surface area contributed by atoms with Gasteiger partial charge in [-0.15, -0.1) is 11.3 Å². The van der Waals surface area contributed by atoms with Crippen LogP contribution in [0.5, 0.6) is 5.75 Å². The second kappa shape index (κ2) is 5.34. The van der Waals surface area contributed by atoms with Crippen LogP contribution in [-0.4, -0.2) is 6.61 Å². The number of benzene rings is 1. The molecule has 0 aliphatic carbocycles. The van der Waals surface area contributed by atoms with E-state index in [1.807, 2.05) is 18.2 Å². The highest BCUT2D eigenvalue weighted by atomic mass is 32.1. The van der Waals surface area contributed by atoms with Crippen LogP contribution >= 0.6 is 11.3 Å². The van der Waals surface area contributed by atoms with Crippen molar-refractivity contribution in [3.63, 3.8) is 0 Å². The van der Waals surface area contributed by atoms with Gasteiger partial charge in [0.25, 0.3) is 0 Å². The second-order valence-electron chi connectivity index (χ2n) is 4.18. The summed E-state index contributed by atoms with van der Waals surface area (Å²) in [6.45, 7) is 4.65. The molecule has 0 amide bonds. The van der Waals surface area contributed by atoms with Crippen molar-refractivity contribution in [2.24, 2.45) is 5.73 Å². The highest BCUT2D eigenvalue weighted by molar-refractivity contribution is 7.12. The van der Waals surface area contributed by atoms with E-state index in [1.165, 1.54) is 15.3 Å². The molecule has 0 saturated heterocycles. The first-order chi connectivity index (χ1) is 8.15. The Bertz CT molecular complexity index is 492. The number of thiophene rings is 1. The van der Waals surface area contributed by atoms with Crippen molar-refractivity contribution in [1.82, 2.24) is 0 Å². The van der Waals surface area contributed by atoms with E-state index < -0.39 is 0 Å². The summed E-state index contributed by atoms with van der Waals surface area (Å²) in [7, 11) is 0. The van der Waals surface area contributed by atoms with Gasteiger partial charge in [0.05, 0.1) is 6.04 Å². The SMILES string of the molecule is Cc1cccc(OCC(N)c2ccc(C)s2)c1. The fourth-order valence-corrected chi connectivity index (χ4v) is 2.49. The lowest BCUT2D eigenvalue weighted by Gasteiger charge is -2.12. The summed E-state index contributed by atoms with van der Waals surface area (Å²) >= 11 is 1.73. The maximum absolute atomic E-state index is 6.08. The fraction of sp³-hybridized carbons (Fsp3) is 0.286. The fourth-order valence-electron chi connectivity index (χ4n) is 1.63. The first-order valence-electron chi connectivity index (χ1n) is 5.66. The Labute approximate surface area is 106 Å². The maximum atomic E-state index is 6.08. The number of hydrogen-bond acceptors (Lipinski definition) is 3. The molecule has 17 heavy (non-hydrogen) atoms. The Morgan fingerprint density at radius 2 is 2.06 bits per heavy atom. The molecule has 1 aromatic carbocycles. The van der Waals surface area contributed by atoms with Crippen molar-refractivity contribution in [2.75, 3.05) is 6.61 Å². The van der Waals surface area contributed by atoms with Crippen molar-refractivity contribution in [3.8, 4) is 5.75 Å². The predicted octanol–water partition coefficient (Wildman–Crippen LogP) is 3.44. The van der Waals surface area contributed by atoms with Gasteiger partial charge in [0.2, 0.25) is 0 Å². The van der Waals surface area contributed by atoms with Crippen LogP contribution in [-0.2, 0) is 0 Å². The van der Waals surface area contributed by atoms with E-state index >= 15 is 0 Å². The molecule has 1 atom stereocenters. The van der Waals surface area contributed by atoms with Crippen LogP contribution in [0.15, 0.2) is 36.4 Å². The minimum absolute atomic E-state index is 0.0470. The molecular weight excluding hydrogens is 230 g/mol. The van der Waals surface area contributed by atoms with Crippen molar-refractivity contribution in [1.29, 1.82) is 0 Å². The van der Waals surface area contributed by atoms with E-state index in [2.05, 4.69) is 32.0 Å². The van der Waals surface area contributed by atoms with Gasteiger partial charge in [0.15, 0.2) is 0 Å². The summed E-state index contributed by atoms with van der Waals surface area (Å²) in [6.07, 6.45) is 0. The molecule has 0 aliphatic heterocycles. The summed E-state index contributed by atoms with van der Waals surface area (Å²) in [5, 5.41) is 0. The number of hydrogen-bond donors (Lipinski definition) is 1. The molecule has 0 fully saturated rings. The predicted molar refractivity (Wildman–Crippen MR) is 72.7 cm³/mol. The molecule has 0 aliphatic rings. The van der Waals surface area contributed by atoms with Crippen molar-refractivity contribution in [3.05, 3.63) is 51.7 Å². The molecule has 2 N–H and O–H groups in total. The van der Waals surface area contributed by atoms with E-state index in [9.17, 15) is 0 Å². The normalized spacial score (nSPS) is 12.4. The summed E-state index contributed by atoms with van der Waals surface area (Å²) in [4.78, 5) is 2.46. The number of ether oxygens (including phenoxy) is 1. The standard InChI is InChI=1S/C14H17NOS/c1-10-4-3-5-12(8-10)16-9-13(15)14-7-6-11(2)17-14/h3-8,13H,9,15H2,1-2H3. The third kappa shape index (κ3) is 3.32. The Kier molecular flexibility index (Phi) is 3.82. The van der Waals surface area contributed by atoms with Crippen LogP contribution in [0, 0.1) is 13.8 Å². The van der Waals surface area contributed by atoms with Crippen LogP contribution in [0.25, 0.3) is 0 Å². The second-order valence-corrected chi connectivity index (χ2v) is 5.50. The number of aryl methyl sites for hydroxylation is 2. The van der Waals surface area contributed by atoms with Gasteiger partial charge in [-0.2, -0.15) is 0 Å². The van der Waals surface area contributed by atoms with Gasteiger partial charge < -0.3 is 10.5 Å². The minimum atomic E-state index is -0.0470. The molecule has 0 saturated carbocycles. The van der Waals surface area contributed by atoms with Crippen LogP contribution in [0.4, 0.5) is 0 Å². The van der Waals surface area contributed by atoms with Crippen LogP contribution in [0.3, 0.4) is 0 Å². The third-order valence-corrected chi connectivity index (χ3v) is 3.68. The van der Waals surface area contributed by atoms with Crippen LogP contribution in [0.2, 0.25) is 0 Å². The smallest absolute Gasteiger partial charge is 0.119 e. The molecule has 2 rings (SSSR count). The average Bonchev–Trinajstić information content (AvgIpc) is 2.73. The van der Waals surface area contributed by atoms with E-state index in [1.54, 1.807) is 11.3 Å². The zero-order valence-electron chi connectivity index (χ0n) is 10.1. The molecule has 1 aromatic heterocycles. The molecule has 1 heterocycles. The first-order valence-corrected chi connectivity index (χ1v) is 6.48. The van der Waals surface area contributed by atoms with E-state index in [4.69, 9.17) is 10.5 Å². The highest BCUT2D eigenvalue weighted by Gasteiger charge is 2.08. The summed E-state index contributed by atoms with van der Waals surface area (Å²) in [6, 6.07) is 12.1. The molecule has 0 radical (unpaired) electrons. The largest absolute Gasteiger partial charge is 0.492 e. The topological polar surface area (TPSA) is 35.2 Å². The molecule has 0 bridgehead atoms. The third-order valence-electron chi connectivity index (χ3n) is 2.55. The number of rotatable bonds is 4. The van der Waals surface area contributed by atoms with Gasteiger partial charge in [0.1, 0.15) is 12.4 Å². The summed E-state index contributed by atoms with van der Waals surface area (Å²) in [5.41, 5.74) is 7.28. The Morgan fingerprint density at radius 1 is 1.24 bits per heavy atom. The van der Waals surface area contributed by atoms with Gasteiger partial charge >= 0.3 is 0 Å². The Morgan fingerprint density at radius 3 is 2.71 bits per heavy atom. The van der Waals surface area contributed by atoms with Gasteiger partial charge in [-0.25, -0.2) is 0 Å². The molecular formula is C14H17NOS. The van der Waals surface area contributed by atoms with E-state index in [0.29, 0.717) is 6.61 Å². The average molecular weight is 247 g/mol. The molecule has 2 aromatic rings. The maximum Gasteiger partial charge on any atom is 0.119 e.